The van der Waals surface area contributed by atoms with E-state index < -0.39 is 0 Å². The molecule has 0 atom stereocenters. The number of anilines is 2. The number of hydrogen-bond acceptors (Lipinski definition) is 5. The Bertz CT molecular complexity index is 508. The molecule has 0 spiro atoms. The van der Waals surface area contributed by atoms with Gasteiger partial charge in [-0.2, -0.15) is 0 Å². The van der Waals surface area contributed by atoms with E-state index in [1.54, 1.807) is 7.11 Å². The molecule has 5 heteroatoms. The Hall–Kier alpha value is -2.17. The number of nitrogens with one attached hydrogen (secondary N) is 1. The maximum atomic E-state index is 5.93. The molecule has 0 saturated heterocycles. The summed E-state index contributed by atoms with van der Waals surface area (Å²) < 4.78 is 10.2. The molecule has 0 radical (unpaired) electrons. The van der Waals surface area contributed by atoms with Crippen LogP contribution in [-0.2, 0) is 6.54 Å². The third kappa shape index (κ3) is 2.50. The summed E-state index contributed by atoms with van der Waals surface area (Å²) in [6.07, 6.45) is 0. The van der Waals surface area contributed by atoms with Gasteiger partial charge in [0.25, 0.3) is 0 Å². The number of nitrogens with zero attached hydrogens (tertiary/aromatic N) is 1. The maximum absolute atomic E-state index is 5.93. The van der Waals surface area contributed by atoms with Gasteiger partial charge in [-0.1, -0.05) is 11.2 Å². The van der Waals surface area contributed by atoms with E-state index in [2.05, 4.69) is 10.5 Å². The van der Waals surface area contributed by atoms with E-state index >= 15 is 0 Å². The van der Waals surface area contributed by atoms with E-state index in [0.717, 1.165) is 17.1 Å². The SMILES string of the molecule is COc1cccc(NCc2cc(C)no2)c1N. The van der Waals surface area contributed by atoms with E-state index in [-0.39, 0.29) is 0 Å². The van der Waals surface area contributed by atoms with E-state index in [0.29, 0.717) is 18.0 Å². The second-order valence-electron chi connectivity index (χ2n) is 3.71. The Kier molecular flexibility index (Phi) is 3.18. The minimum atomic E-state index is 0.540. The van der Waals surface area contributed by atoms with Crippen molar-refractivity contribution in [2.24, 2.45) is 0 Å². The normalized spacial score (nSPS) is 10.2. The Morgan fingerprint density at radius 1 is 1.47 bits per heavy atom. The number of para-hydroxylation sites is 1. The Balaban J connectivity index is 2.09. The fraction of sp³-hybridized carbons (Fsp3) is 0.250. The van der Waals surface area contributed by atoms with Crippen LogP contribution in [0.1, 0.15) is 11.5 Å². The van der Waals surface area contributed by atoms with Crippen LogP contribution in [0.3, 0.4) is 0 Å². The van der Waals surface area contributed by atoms with Crippen molar-refractivity contribution in [1.82, 2.24) is 5.16 Å². The number of aryl methyl sites for hydroxylation is 1. The highest BCUT2D eigenvalue weighted by atomic mass is 16.5. The van der Waals surface area contributed by atoms with Crippen molar-refractivity contribution in [3.63, 3.8) is 0 Å². The third-order valence-electron chi connectivity index (χ3n) is 2.42. The molecule has 1 aromatic heterocycles. The molecule has 0 aliphatic carbocycles. The summed E-state index contributed by atoms with van der Waals surface area (Å²) in [5, 5.41) is 6.99. The zero-order chi connectivity index (χ0) is 12.3. The largest absolute Gasteiger partial charge is 0.495 e. The van der Waals surface area contributed by atoms with Crippen molar-refractivity contribution >= 4 is 11.4 Å². The zero-order valence-corrected chi connectivity index (χ0v) is 9.86. The van der Waals surface area contributed by atoms with Crippen LogP contribution in [0.15, 0.2) is 28.8 Å². The van der Waals surface area contributed by atoms with Crippen LogP contribution in [0.4, 0.5) is 11.4 Å². The number of ether oxygens (including phenoxy) is 1. The lowest BCUT2D eigenvalue weighted by Crippen LogP contribution is -2.03. The van der Waals surface area contributed by atoms with Gasteiger partial charge in [0.15, 0.2) is 5.76 Å². The molecular formula is C12H15N3O2. The predicted octanol–water partition coefficient (Wildman–Crippen LogP) is 2.19. The minimum absolute atomic E-state index is 0.540. The van der Waals surface area contributed by atoms with Crippen molar-refractivity contribution in [3.8, 4) is 5.75 Å². The van der Waals surface area contributed by atoms with Gasteiger partial charge in [-0.05, 0) is 19.1 Å². The van der Waals surface area contributed by atoms with Gasteiger partial charge in [0, 0.05) is 6.07 Å². The standard InChI is InChI=1S/C12H15N3O2/c1-8-6-9(17-15-8)7-14-10-4-3-5-11(16-2)12(10)13/h3-6,14H,7,13H2,1-2H3. The third-order valence-corrected chi connectivity index (χ3v) is 2.42. The molecule has 1 aromatic carbocycles. The fourth-order valence-corrected chi connectivity index (χ4v) is 1.56. The molecule has 0 amide bonds. The van der Waals surface area contributed by atoms with Crippen LogP contribution in [0.5, 0.6) is 5.75 Å². The molecule has 90 valence electrons. The lowest BCUT2D eigenvalue weighted by molar-refractivity contribution is 0.384. The summed E-state index contributed by atoms with van der Waals surface area (Å²) in [7, 11) is 1.59. The van der Waals surface area contributed by atoms with Gasteiger partial charge in [0.2, 0.25) is 0 Å². The van der Waals surface area contributed by atoms with E-state index in [1.165, 1.54) is 0 Å². The molecule has 2 aromatic rings. The van der Waals surface area contributed by atoms with E-state index in [4.69, 9.17) is 15.0 Å². The second-order valence-corrected chi connectivity index (χ2v) is 3.71. The number of methoxy groups -OCH3 is 1. The second kappa shape index (κ2) is 4.78. The molecule has 0 aliphatic rings. The molecule has 17 heavy (non-hydrogen) atoms. The molecule has 0 saturated carbocycles. The summed E-state index contributed by atoms with van der Waals surface area (Å²) >= 11 is 0. The van der Waals surface area contributed by atoms with Crippen LogP contribution in [0.2, 0.25) is 0 Å². The summed E-state index contributed by atoms with van der Waals surface area (Å²) in [5.74, 6) is 1.42. The van der Waals surface area contributed by atoms with Gasteiger partial charge in [0.1, 0.15) is 5.75 Å². The predicted molar refractivity (Wildman–Crippen MR) is 66.0 cm³/mol. The summed E-state index contributed by atoms with van der Waals surface area (Å²) in [6, 6.07) is 7.46. The number of nitrogens with two attached hydrogens (primary N) is 1. The molecule has 3 N–H and O–H groups in total. The van der Waals surface area contributed by atoms with Crippen molar-refractivity contribution < 1.29 is 9.26 Å². The van der Waals surface area contributed by atoms with Gasteiger partial charge in [0.05, 0.1) is 30.7 Å². The molecule has 0 bridgehead atoms. The molecule has 0 aliphatic heterocycles. The van der Waals surface area contributed by atoms with Gasteiger partial charge in [-0.3, -0.25) is 0 Å². The van der Waals surface area contributed by atoms with Crippen molar-refractivity contribution in [1.29, 1.82) is 0 Å². The smallest absolute Gasteiger partial charge is 0.156 e. The lowest BCUT2D eigenvalue weighted by atomic mass is 10.2. The van der Waals surface area contributed by atoms with Crippen LogP contribution in [0, 0.1) is 6.92 Å². The topological polar surface area (TPSA) is 73.3 Å². The molecule has 5 nitrogen and oxygen atoms in total. The number of benzene rings is 1. The summed E-state index contributed by atoms with van der Waals surface area (Å²) in [6.45, 7) is 2.42. The quantitative estimate of drug-likeness (QED) is 0.792. The number of rotatable bonds is 4. The van der Waals surface area contributed by atoms with Crippen molar-refractivity contribution in [2.45, 2.75) is 13.5 Å². The van der Waals surface area contributed by atoms with Crippen molar-refractivity contribution in [3.05, 3.63) is 35.7 Å². The monoisotopic (exact) mass is 233 g/mol. The van der Waals surface area contributed by atoms with Crippen LogP contribution >= 0.6 is 0 Å². The van der Waals surface area contributed by atoms with Crippen LogP contribution in [0.25, 0.3) is 0 Å². The Labute approximate surface area is 99.6 Å². The highest BCUT2D eigenvalue weighted by Gasteiger charge is 2.06. The summed E-state index contributed by atoms with van der Waals surface area (Å²) in [5.41, 5.74) is 8.20. The number of nitrogen functional groups attached to an aromatic ring is 1. The molecule has 1 heterocycles. The first-order valence-electron chi connectivity index (χ1n) is 5.29. The number of aromatic nitrogens is 1. The summed E-state index contributed by atoms with van der Waals surface area (Å²) in [4.78, 5) is 0. The highest BCUT2D eigenvalue weighted by Crippen LogP contribution is 2.29. The average molecular weight is 233 g/mol. The maximum Gasteiger partial charge on any atom is 0.156 e. The van der Waals surface area contributed by atoms with Gasteiger partial charge < -0.3 is 20.3 Å². The molecule has 2 rings (SSSR count). The van der Waals surface area contributed by atoms with Gasteiger partial charge in [-0.25, -0.2) is 0 Å². The minimum Gasteiger partial charge on any atom is -0.495 e. The lowest BCUT2D eigenvalue weighted by Gasteiger charge is -2.10. The molecule has 0 fully saturated rings. The first-order valence-corrected chi connectivity index (χ1v) is 5.29. The molecular weight excluding hydrogens is 218 g/mol. The molecule has 0 unspecified atom stereocenters. The Morgan fingerprint density at radius 3 is 2.94 bits per heavy atom. The van der Waals surface area contributed by atoms with Gasteiger partial charge in [-0.15, -0.1) is 0 Å². The fourth-order valence-electron chi connectivity index (χ4n) is 1.56. The number of hydrogen-bond donors (Lipinski definition) is 2. The highest BCUT2D eigenvalue weighted by molar-refractivity contribution is 5.72. The van der Waals surface area contributed by atoms with Crippen LogP contribution in [-0.4, -0.2) is 12.3 Å². The zero-order valence-electron chi connectivity index (χ0n) is 9.86. The Morgan fingerprint density at radius 2 is 2.29 bits per heavy atom. The van der Waals surface area contributed by atoms with E-state index in [1.807, 2.05) is 31.2 Å². The first-order chi connectivity index (χ1) is 8.20. The first kappa shape index (κ1) is 11.3. The van der Waals surface area contributed by atoms with Crippen LogP contribution < -0.4 is 15.8 Å². The van der Waals surface area contributed by atoms with Gasteiger partial charge >= 0.3 is 0 Å². The van der Waals surface area contributed by atoms with Crippen molar-refractivity contribution in [2.75, 3.05) is 18.2 Å². The average Bonchev–Trinajstić information content (AvgIpc) is 2.74. The van der Waals surface area contributed by atoms with E-state index in [9.17, 15) is 0 Å².